The van der Waals surface area contributed by atoms with Gasteiger partial charge in [0.2, 0.25) is 0 Å². The fraction of sp³-hybridized carbons (Fsp3) is 0.263. The molecule has 0 saturated heterocycles. The largest absolute Gasteiger partial charge is 0.396 e. The van der Waals surface area contributed by atoms with E-state index in [0.717, 1.165) is 24.2 Å². The number of nitriles is 1. The summed E-state index contributed by atoms with van der Waals surface area (Å²) in [6, 6.07) is 16.2. The fourth-order valence-electron chi connectivity index (χ4n) is 2.82. The Morgan fingerprint density at radius 2 is 2.04 bits per heavy atom. The van der Waals surface area contributed by atoms with Gasteiger partial charge in [0.15, 0.2) is 0 Å². The third-order valence-electron chi connectivity index (χ3n) is 4.09. The van der Waals surface area contributed by atoms with E-state index in [0.29, 0.717) is 12.1 Å². The Bertz CT molecular complexity index is 835. The normalized spacial score (nSPS) is 12.2. The Kier molecular flexibility index (Phi) is 5.22. The summed E-state index contributed by atoms with van der Waals surface area (Å²) in [5.74, 6) is 0. The molecule has 0 aliphatic heterocycles. The standard InChI is InChI=1S/C19H20N4O/c20-11-15-8-9-19-22-13-17(23(19)14-15)12-21-18(7-4-10-24)16-5-2-1-3-6-16/h1-3,5-6,8-9,13-14,18,21,24H,4,7,10,12H2. The summed E-state index contributed by atoms with van der Waals surface area (Å²) in [6.07, 6.45) is 5.25. The molecule has 3 rings (SSSR count). The maximum absolute atomic E-state index is 9.14. The molecule has 0 bridgehead atoms. The molecule has 2 aromatic heterocycles. The predicted octanol–water partition coefficient (Wildman–Crippen LogP) is 2.81. The van der Waals surface area contributed by atoms with E-state index in [1.807, 2.05) is 41.1 Å². The lowest BCUT2D eigenvalue weighted by Crippen LogP contribution is -2.22. The highest BCUT2D eigenvalue weighted by atomic mass is 16.2. The first kappa shape index (κ1) is 16.2. The van der Waals surface area contributed by atoms with Crippen molar-refractivity contribution in [3.05, 3.63) is 71.7 Å². The maximum Gasteiger partial charge on any atom is 0.137 e. The number of rotatable bonds is 7. The van der Waals surface area contributed by atoms with E-state index < -0.39 is 0 Å². The smallest absolute Gasteiger partial charge is 0.137 e. The minimum absolute atomic E-state index is 0.169. The van der Waals surface area contributed by atoms with Crippen LogP contribution in [0, 0.1) is 11.3 Å². The van der Waals surface area contributed by atoms with Gasteiger partial charge in [0, 0.05) is 25.4 Å². The average molecular weight is 320 g/mol. The SMILES string of the molecule is N#Cc1ccc2ncc(CNC(CCCO)c3ccccc3)n2c1. The van der Waals surface area contributed by atoms with Crippen LogP contribution in [0.25, 0.3) is 5.65 Å². The summed E-state index contributed by atoms with van der Waals surface area (Å²) >= 11 is 0. The molecule has 2 heterocycles. The molecule has 5 nitrogen and oxygen atoms in total. The highest BCUT2D eigenvalue weighted by Crippen LogP contribution is 2.19. The van der Waals surface area contributed by atoms with Crippen molar-refractivity contribution in [2.24, 2.45) is 0 Å². The first-order valence-electron chi connectivity index (χ1n) is 8.07. The number of imidazole rings is 1. The van der Waals surface area contributed by atoms with Crippen LogP contribution in [0.2, 0.25) is 0 Å². The van der Waals surface area contributed by atoms with E-state index in [4.69, 9.17) is 10.4 Å². The van der Waals surface area contributed by atoms with Crippen molar-refractivity contribution in [3.63, 3.8) is 0 Å². The van der Waals surface area contributed by atoms with Crippen molar-refractivity contribution in [1.29, 1.82) is 5.26 Å². The van der Waals surface area contributed by atoms with Crippen LogP contribution in [0.15, 0.2) is 54.9 Å². The third-order valence-corrected chi connectivity index (χ3v) is 4.09. The fourth-order valence-corrected chi connectivity index (χ4v) is 2.82. The Hall–Kier alpha value is -2.68. The van der Waals surface area contributed by atoms with Crippen molar-refractivity contribution < 1.29 is 5.11 Å². The van der Waals surface area contributed by atoms with E-state index in [9.17, 15) is 0 Å². The van der Waals surface area contributed by atoms with Gasteiger partial charge in [0.25, 0.3) is 0 Å². The first-order valence-corrected chi connectivity index (χ1v) is 8.07. The topological polar surface area (TPSA) is 73.3 Å². The molecule has 1 aromatic carbocycles. The molecule has 0 saturated carbocycles. The van der Waals surface area contributed by atoms with Crippen LogP contribution in [-0.4, -0.2) is 21.1 Å². The number of aliphatic hydroxyl groups excluding tert-OH is 1. The molecule has 1 atom stereocenters. The minimum Gasteiger partial charge on any atom is -0.396 e. The minimum atomic E-state index is 0.169. The van der Waals surface area contributed by atoms with E-state index in [-0.39, 0.29) is 12.6 Å². The van der Waals surface area contributed by atoms with Crippen molar-refractivity contribution in [1.82, 2.24) is 14.7 Å². The Morgan fingerprint density at radius 1 is 1.21 bits per heavy atom. The van der Waals surface area contributed by atoms with Crippen molar-refractivity contribution in [3.8, 4) is 6.07 Å². The lowest BCUT2D eigenvalue weighted by atomic mass is 10.0. The summed E-state index contributed by atoms with van der Waals surface area (Å²) in [4.78, 5) is 4.38. The van der Waals surface area contributed by atoms with Gasteiger partial charge >= 0.3 is 0 Å². The van der Waals surface area contributed by atoms with Crippen molar-refractivity contribution in [2.75, 3.05) is 6.61 Å². The molecule has 122 valence electrons. The number of aromatic nitrogens is 2. The molecule has 0 radical (unpaired) electrons. The second kappa shape index (κ2) is 7.73. The number of hydrogen-bond donors (Lipinski definition) is 2. The molecule has 1 unspecified atom stereocenters. The molecule has 0 fully saturated rings. The van der Waals surface area contributed by atoms with Crippen LogP contribution >= 0.6 is 0 Å². The quantitative estimate of drug-likeness (QED) is 0.702. The Balaban J connectivity index is 1.78. The lowest BCUT2D eigenvalue weighted by molar-refractivity contribution is 0.274. The number of benzene rings is 1. The van der Waals surface area contributed by atoms with E-state index >= 15 is 0 Å². The number of fused-ring (bicyclic) bond motifs is 1. The number of pyridine rings is 1. The zero-order chi connectivity index (χ0) is 16.8. The van der Waals surface area contributed by atoms with Crippen LogP contribution in [0.3, 0.4) is 0 Å². The summed E-state index contributed by atoms with van der Waals surface area (Å²) in [5, 5.41) is 21.8. The number of hydrogen-bond acceptors (Lipinski definition) is 4. The molecular formula is C19H20N4O. The second-order valence-corrected chi connectivity index (χ2v) is 5.72. The highest BCUT2D eigenvalue weighted by Gasteiger charge is 2.12. The van der Waals surface area contributed by atoms with Crippen molar-refractivity contribution >= 4 is 5.65 Å². The molecule has 24 heavy (non-hydrogen) atoms. The molecule has 0 amide bonds. The van der Waals surface area contributed by atoms with E-state index in [2.05, 4.69) is 28.5 Å². The molecule has 0 spiro atoms. The van der Waals surface area contributed by atoms with Crippen LogP contribution in [0.4, 0.5) is 0 Å². The average Bonchev–Trinajstić information content (AvgIpc) is 3.04. The van der Waals surface area contributed by atoms with Crippen LogP contribution in [0.5, 0.6) is 0 Å². The monoisotopic (exact) mass is 320 g/mol. The van der Waals surface area contributed by atoms with Crippen LogP contribution in [0.1, 0.15) is 35.7 Å². The van der Waals surface area contributed by atoms with Gasteiger partial charge in [-0.1, -0.05) is 30.3 Å². The van der Waals surface area contributed by atoms with E-state index in [1.54, 1.807) is 6.07 Å². The summed E-state index contributed by atoms with van der Waals surface area (Å²) in [6.45, 7) is 0.827. The molecule has 0 aliphatic rings. The third kappa shape index (κ3) is 3.62. The Morgan fingerprint density at radius 3 is 2.79 bits per heavy atom. The zero-order valence-electron chi connectivity index (χ0n) is 13.4. The van der Waals surface area contributed by atoms with Gasteiger partial charge in [-0.2, -0.15) is 5.26 Å². The van der Waals surface area contributed by atoms with Gasteiger partial charge in [-0.25, -0.2) is 4.98 Å². The van der Waals surface area contributed by atoms with Gasteiger partial charge in [-0.05, 0) is 30.5 Å². The van der Waals surface area contributed by atoms with Gasteiger partial charge in [0.1, 0.15) is 11.7 Å². The number of nitrogens with zero attached hydrogens (tertiary/aromatic N) is 3. The first-order chi connectivity index (χ1) is 11.8. The highest BCUT2D eigenvalue weighted by molar-refractivity contribution is 5.44. The molecule has 2 N–H and O–H groups in total. The molecule has 3 aromatic rings. The summed E-state index contributed by atoms with van der Waals surface area (Å²) in [7, 11) is 0. The summed E-state index contributed by atoms with van der Waals surface area (Å²) < 4.78 is 1.94. The van der Waals surface area contributed by atoms with Gasteiger partial charge in [-0.15, -0.1) is 0 Å². The number of aliphatic hydroxyl groups is 1. The van der Waals surface area contributed by atoms with Gasteiger partial charge < -0.3 is 14.8 Å². The number of nitrogens with one attached hydrogen (secondary N) is 1. The van der Waals surface area contributed by atoms with Crippen LogP contribution in [-0.2, 0) is 6.54 Å². The van der Waals surface area contributed by atoms with Crippen molar-refractivity contribution in [2.45, 2.75) is 25.4 Å². The predicted molar refractivity (Wildman–Crippen MR) is 92.2 cm³/mol. The van der Waals surface area contributed by atoms with Gasteiger partial charge in [-0.3, -0.25) is 0 Å². The second-order valence-electron chi connectivity index (χ2n) is 5.72. The van der Waals surface area contributed by atoms with Crippen LogP contribution < -0.4 is 5.32 Å². The molecule has 0 aliphatic carbocycles. The maximum atomic E-state index is 9.14. The zero-order valence-corrected chi connectivity index (χ0v) is 13.4. The lowest BCUT2D eigenvalue weighted by Gasteiger charge is -2.19. The molecular weight excluding hydrogens is 300 g/mol. The Labute approximate surface area is 141 Å². The summed E-state index contributed by atoms with van der Waals surface area (Å²) in [5.41, 5.74) is 3.66. The van der Waals surface area contributed by atoms with Gasteiger partial charge in [0.05, 0.1) is 17.5 Å². The van der Waals surface area contributed by atoms with E-state index in [1.165, 1.54) is 5.56 Å². The molecule has 5 heteroatoms.